The van der Waals surface area contributed by atoms with Crippen molar-refractivity contribution in [2.24, 2.45) is 0 Å². The van der Waals surface area contributed by atoms with Crippen LogP contribution in [-0.2, 0) is 6.42 Å². The average Bonchev–Trinajstić information content (AvgIpc) is 3.04. The van der Waals surface area contributed by atoms with E-state index in [9.17, 15) is 4.79 Å². The summed E-state index contributed by atoms with van der Waals surface area (Å²) in [5.41, 5.74) is 3.99. The van der Waals surface area contributed by atoms with E-state index in [1.165, 1.54) is 16.9 Å². The number of hydrogen-bond donors (Lipinski definition) is 2. The molecule has 0 saturated carbocycles. The first-order valence-electron chi connectivity index (χ1n) is 8.20. The van der Waals surface area contributed by atoms with Gasteiger partial charge in [-0.05, 0) is 48.7 Å². The van der Waals surface area contributed by atoms with Crippen molar-refractivity contribution in [3.8, 4) is 10.4 Å². The van der Waals surface area contributed by atoms with E-state index in [4.69, 9.17) is 0 Å². The molecule has 0 atom stereocenters. The number of nitrogens with one attached hydrogen (secondary N) is 2. The number of benzene rings is 1. The van der Waals surface area contributed by atoms with Crippen molar-refractivity contribution < 1.29 is 4.79 Å². The van der Waals surface area contributed by atoms with Crippen molar-refractivity contribution in [2.45, 2.75) is 26.7 Å². The van der Waals surface area contributed by atoms with Crippen LogP contribution in [0.2, 0.25) is 0 Å². The predicted octanol–water partition coefficient (Wildman–Crippen LogP) is 5.11. The number of urea groups is 1. The third-order valence-corrected chi connectivity index (χ3v) is 4.59. The molecule has 2 aromatic heterocycles. The molecule has 0 bridgehead atoms. The third kappa shape index (κ3) is 4.64. The lowest BCUT2D eigenvalue weighted by atomic mass is 10.1. The van der Waals surface area contributed by atoms with Gasteiger partial charge in [-0.2, -0.15) is 0 Å². The van der Waals surface area contributed by atoms with Gasteiger partial charge in [0.2, 0.25) is 0 Å². The number of thiazole rings is 1. The summed E-state index contributed by atoms with van der Waals surface area (Å²) < 4.78 is 0. The highest BCUT2D eigenvalue weighted by Crippen LogP contribution is 2.29. The highest BCUT2D eigenvalue weighted by Gasteiger charge is 2.09. The van der Waals surface area contributed by atoms with Crippen LogP contribution in [0.25, 0.3) is 10.4 Å². The monoisotopic (exact) mass is 352 g/mol. The molecule has 0 radical (unpaired) electrons. The SMILES string of the molecule is CCCc1cccc(NC(=O)Nc2ncc(-c3ccnc(C)c3)s2)c1. The molecular formula is C19H20N4OS. The van der Waals surface area contributed by atoms with Gasteiger partial charge in [0.1, 0.15) is 0 Å². The molecule has 2 amide bonds. The van der Waals surface area contributed by atoms with Crippen molar-refractivity contribution in [3.63, 3.8) is 0 Å². The van der Waals surface area contributed by atoms with Crippen LogP contribution in [-0.4, -0.2) is 16.0 Å². The van der Waals surface area contributed by atoms with Crippen LogP contribution in [0.4, 0.5) is 15.6 Å². The molecule has 0 aliphatic carbocycles. The number of hydrogen-bond acceptors (Lipinski definition) is 4. The number of amides is 2. The fourth-order valence-corrected chi connectivity index (χ4v) is 3.32. The molecule has 5 nitrogen and oxygen atoms in total. The Hall–Kier alpha value is -2.73. The zero-order valence-corrected chi connectivity index (χ0v) is 15.1. The summed E-state index contributed by atoms with van der Waals surface area (Å²) in [6.45, 7) is 4.08. The highest BCUT2D eigenvalue weighted by molar-refractivity contribution is 7.19. The van der Waals surface area contributed by atoms with Crippen LogP contribution in [0.5, 0.6) is 0 Å². The summed E-state index contributed by atoms with van der Waals surface area (Å²) in [5.74, 6) is 0. The maximum Gasteiger partial charge on any atom is 0.325 e. The molecule has 0 fully saturated rings. The van der Waals surface area contributed by atoms with Crippen LogP contribution in [0.3, 0.4) is 0 Å². The van der Waals surface area contributed by atoms with Gasteiger partial charge in [-0.3, -0.25) is 10.3 Å². The van der Waals surface area contributed by atoms with Gasteiger partial charge in [-0.25, -0.2) is 9.78 Å². The second-order valence-electron chi connectivity index (χ2n) is 5.75. The second-order valence-corrected chi connectivity index (χ2v) is 6.78. The lowest BCUT2D eigenvalue weighted by Gasteiger charge is -2.07. The first-order valence-corrected chi connectivity index (χ1v) is 9.01. The molecule has 2 N–H and O–H groups in total. The minimum absolute atomic E-state index is 0.291. The number of aromatic nitrogens is 2. The van der Waals surface area contributed by atoms with E-state index in [0.29, 0.717) is 5.13 Å². The molecule has 6 heteroatoms. The number of nitrogens with zero attached hydrogens (tertiary/aromatic N) is 2. The molecule has 0 aliphatic heterocycles. The number of rotatable bonds is 5. The maximum atomic E-state index is 12.2. The van der Waals surface area contributed by atoms with Gasteiger partial charge in [0, 0.05) is 23.8 Å². The van der Waals surface area contributed by atoms with Crippen LogP contribution >= 0.6 is 11.3 Å². The molecule has 0 spiro atoms. The molecule has 0 unspecified atom stereocenters. The largest absolute Gasteiger partial charge is 0.325 e. The summed E-state index contributed by atoms with van der Waals surface area (Å²) in [7, 11) is 0. The predicted molar refractivity (Wildman–Crippen MR) is 103 cm³/mol. The van der Waals surface area contributed by atoms with E-state index >= 15 is 0 Å². The smallest absolute Gasteiger partial charge is 0.308 e. The lowest BCUT2D eigenvalue weighted by molar-refractivity contribution is 0.262. The third-order valence-electron chi connectivity index (χ3n) is 3.63. The topological polar surface area (TPSA) is 66.9 Å². The molecule has 25 heavy (non-hydrogen) atoms. The van der Waals surface area contributed by atoms with E-state index in [-0.39, 0.29) is 6.03 Å². The molecule has 0 aliphatic rings. The number of pyridine rings is 1. The summed E-state index contributed by atoms with van der Waals surface area (Å²) in [6, 6.07) is 11.5. The van der Waals surface area contributed by atoms with E-state index in [2.05, 4.69) is 33.6 Å². The zero-order valence-electron chi connectivity index (χ0n) is 14.2. The Morgan fingerprint density at radius 2 is 2.04 bits per heavy atom. The summed E-state index contributed by atoms with van der Waals surface area (Å²) in [4.78, 5) is 21.6. The van der Waals surface area contributed by atoms with E-state index < -0.39 is 0 Å². The zero-order chi connectivity index (χ0) is 17.6. The fourth-order valence-electron chi connectivity index (χ4n) is 2.52. The van der Waals surface area contributed by atoms with Gasteiger partial charge >= 0.3 is 6.03 Å². The number of carbonyl (C=O) groups is 1. The minimum Gasteiger partial charge on any atom is -0.308 e. The van der Waals surface area contributed by atoms with Crippen molar-refractivity contribution in [3.05, 3.63) is 60.0 Å². The second kappa shape index (κ2) is 7.90. The summed E-state index contributed by atoms with van der Waals surface area (Å²) in [5, 5.41) is 6.20. The standard InChI is InChI=1S/C19H20N4OS/c1-3-5-14-6-4-7-16(11-14)22-18(24)23-19-21-12-17(25-19)15-8-9-20-13(2)10-15/h4,6-12H,3,5H2,1-2H3,(H2,21,22,23,24). The highest BCUT2D eigenvalue weighted by atomic mass is 32.1. The first kappa shape index (κ1) is 17.1. The van der Waals surface area contributed by atoms with Crippen molar-refractivity contribution in [2.75, 3.05) is 10.6 Å². The van der Waals surface area contributed by atoms with Crippen molar-refractivity contribution in [1.29, 1.82) is 0 Å². The lowest BCUT2D eigenvalue weighted by Crippen LogP contribution is -2.19. The van der Waals surface area contributed by atoms with E-state index in [1.54, 1.807) is 12.4 Å². The molecule has 1 aromatic carbocycles. The Morgan fingerprint density at radius 1 is 1.16 bits per heavy atom. The van der Waals surface area contributed by atoms with Gasteiger partial charge in [0.25, 0.3) is 0 Å². The Morgan fingerprint density at radius 3 is 2.84 bits per heavy atom. The van der Waals surface area contributed by atoms with Crippen molar-refractivity contribution >= 4 is 28.2 Å². The number of aryl methyl sites for hydroxylation is 2. The molecule has 0 saturated heterocycles. The van der Waals surface area contributed by atoms with Gasteiger partial charge in [0.15, 0.2) is 5.13 Å². The van der Waals surface area contributed by atoms with Crippen LogP contribution < -0.4 is 10.6 Å². The molecule has 128 valence electrons. The van der Waals surface area contributed by atoms with Crippen LogP contribution in [0.15, 0.2) is 48.8 Å². The molecular weight excluding hydrogens is 332 g/mol. The van der Waals surface area contributed by atoms with E-state index in [0.717, 1.165) is 34.7 Å². The fraction of sp³-hybridized carbons (Fsp3) is 0.211. The number of anilines is 2. The Bertz CT molecular complexity index is 875. The summed E-state index contributed by atoms with van der Waals surface area (Å²) >= 11 is 1.43. The first-order chi connectivity index (χ1) is 12.1. The van der Waals surface area contributed by atoms with Crippen LogP contribution in [0.1, 0.15) is 24.6 Å². The maximum absolute atomic E-state index is 12.2. The Kier molecular flexibility index (Phi) is 5.40. The quantitative estimate of drug-likeness (QED) is 0.670. The average molecular weight is 352 g/mol. The minimum atomic E-state index is -0.291. The number of carbonyl (C=O) groups excluding carboxylic acids is 1. The Balaban J connectivity index is 1.65. The molecule has 2 heterocycles. The van der Waals surface area contributed by atoms with Gasteiger partial charge in [-0.15, -0.1) is 0 Å². The molecule has 3 rings (SSSR count). The summed E-state index contributed by atoms with van der Waals surface area (Å²) in [6.07, 6.45) is 5.61. The van der Waals surface area contributed by atoms with Gasteiger partial charge in [-0.1, -0.05) is 36.8 Å². The van der Waals surface area contributed by atoms with E-state index in [1.807, 2.05) is 37.3 Å². The van der Waals surface area contributed by atoms with Gasteiger partial charge in [0.05, 0.1) is 4.88 Å². The van der Waals surface area contributed by atoms with Crippen molar-refractivity contribution in [1.82, 2.24) is 9.97 Å². The molecule has 3 aromatic rings. The Labute approximate surface area is 151 Å². The van der Waals surface area contributed by atoms with Gasteiger partial charge < -0.3 is 5.32 Å². The van der Waals surface area contributed by atoms with Crippen LogP contribution in [0, 0.1) is 6.92 Å². The normalized spacial score (nSPS) is 10.5.